The van der Waals surface area contributed by atoms with E-state index in [0.29, 0.717) is 17.4 Å². The van der Waals surface area contributed by atoms with Crippen LogP contribution in [0.25, 0.3) is 11.4 Å². The smallest absolute Gasteiger partial charge is 0.254 e. The number of anilines is 1. The zero-order valence-electron chi connectivity index (χ0n) is 16.4. The number of nitrogens with one attached hydrogen (secondary N) is 1. The standard InChI is InChI=1S/C21H29N5O/c1-15-16(2)23-20(24-21(15)27)17-8-9-19(22-13-17)26-12-4-3-7-18(14-26)25-10-5-6-11-25/h8-9,13,18H,3-7,10-12,14H2,1-2H3,(H,23,24,27). The van der Waals surface area contributed by atoms with E-state index in [9.17, 15) is 4.79 Å². The van der Waals surface area contributed by atoms with Crippen LogP contribution in [-0.2, 0) is 0 Å². The fourth-order valence-electron chi connectivity index (χ4n) is 4.23. The SMILES string of the molecule is Cc1nc(-c2ccc(N3CCCCC(N4CCCC4)C3)nc2)[nH]c(=O)c1C. The summed E-state index contributed by atoms with van der Waals surface area (Å²) < 4.78 is 0. The van der Waals surface area contributed by atoms with E-state index in [-0.39, 0.29) is 5.56 Å². The normalized spacial score (nSPS) is 21.4. The Labute approximate surface area is 160 Å². The molecule has 2 aliphatic rings. The van der Waals surface area contributed by atoms with Gasteiger partial charge in [-0.25, -0.2) is 9.97 Å². The van der Waals surface area contributed by atoms with Gasteiger partial charge in [0.25, 0.3) is 5.56 Å². The summed E-state index contributed by atoms with van der Waals surface area (Å²) >= 11 is 0. The highest BCUT2D eigenvalue weighted by Crippen LogP contribution is 2.24. The van der Waals surface area contributed by atoms with E-state index in [1.54, 1.807) is 6.92 Å². The molecule has 0 spiro atoms. The van der Waals surface area contributed by atoms with Crippen molar-refractivity contribution in [2.75, 3.05) is 31.1 Å². The molecule has 0 amide bonds. The Hall–Kier alpha value is -2.21. The Kier molecular flexibility index (Phi) is 5.25. The number of pyridine rings is 1. The molecule has 1 N–H and O–H groups in total. The van der Waals surface area contributed by atoms with E-state index >= 15 is 0 Å². The second kappa shape index (κ2) is 7.80. The number of hydrogen-bond acceptors (Lipinski definition) is 5. The zero-order valence-corrected chi connectivity index (χ0v) is 16.4. The summed E-state index contributed by atoms with van der Waals surface area (Å²) in [4.78, 5) is 29.2. The largest absolute Gasteiger partial charge is 0.355 e. The second-order valence-corrected chi connectivity index (χ2v) is 7.87. The van der Waals surface area contributed by atoms with Gasteiger partial charge in [-0.3, -0.25) is 9.69 Å². The molecule has 0 saturated carbocycles. The summed E-state index contributed by atoms with van der Waals surface area (Å²) in [7, 11) is 0. The van der Waals surface area contributed by atoms with E-state index < -0.39 is 0 Å². The zero-order chi connectivity index (χ0) is 18.8. The van der Waals surface area contributed by atoms with Gasteiger partial charge in [-0.15, -0.1) is 0 Å². The molecule has 1 unspecified atom stereocenters. The summed E-state index contributed by atoms with van der Waals surface area (Å²) in [6.45, 7) is 8.28. The molecule has 4 heterocycles. The van der Waals surface area contributed by atoms with Crippen LogP contribution >= 0.6 is 0 Å². The minimum Gasteiger partial charge on any atom is -0.355 e. The average Bonchev–Trinajstić information content (AvgIpc) is 3.11. The quantitative estimate of drug-likeness (QED) is 0.904. The maximum Gasteiger partial charge on any atom is 0.254 e. The third kappa shape index (κ3) is 3.90. The molecule has 2 aliphatic heterocycles. The highest BCUT2D eigenvalue weighted by atomic mass is 16.1. The molecule has 0 radical (unpaired) electrons. The lowest BCUT2D eigenvalue weighted by Gasteiger charge is -2.31. The van der Waals surface area contributed by atoms with Gasteiger partial charge in [0.05, 0.1) is 0 Å². The van der Waals surface area contributed by atoms with Crippen LogP contribution in [0.4, 0.5) is 5.82 Å². The lowest BCUT2D eigenvalue weighted by atomic mass is 10.1. The van der Waals surface area contributed by atoms with Gasteiger partial charge in [-0.2, -0.15) is 0 Å². The number of hydrogen-bond donors (Lipinski definition) is 1. The maximum absolute atomic E-state index is 12.0. The van der Waals surface area contributed by atoms with E-state index in [2.05, 4.69) is 25.8 Å². The van der Waals surface area contributed by atoms with E-state index in [1.165, 1.54) is 45.2 Å². The highest BCUT2D eigenvalue weighted by molar-refractivity contribution is 5.56. The Balaban J connectivity index is 1.53. The van der Waals surface area contributed by atoms with Gasteiger partial charge in [0, 0.05) is 42.1 Å². The van der Waals surface area contributed by atoms with Gasteiger partial charge >= 0.3 is 0 Å². The molecule has 6 heteroatoms. The number of H-pyrrole nitrogens is 1. The Morgan fingerprint density at radius 1 is 1.07 bits per heavy atom. The van der Waals surface area contributed by atoms with Gasteiger partial charge in [0.15, 0.2) is 0 Å². The van der Waals surface area contributed by atoms with Crippen molar-refractivity contribution in [3.8, 4) is 11.4 Å². The molecule has 2 saturated heterocycles. The van der Waals surface area contributed by atoms with Gasteiger partial charge < -0.3 is 9.88 Å². The monoisotopic (exact) mass is 367 g/mol. The number of likely N-dealkylation sites (tertiary alicyclic amines) is 1. The molecule has 6 nitrogen and oxygen atoms in total. The van der Waals surface area contributed by atoms with Crippen molar-refractivity contribution in [3.63, 3.8) is 0 Å². The minimum absolute atomic E-state index is 0.0810. The molecular formula is C21H29N5O. The molecule has 2 fully saturated rings. The van der Waals surface area contributed by atoms with Gasteiger partial charge in [-0.05, 0) is 64.8 Å². The number of aromatic nitrogens is 3. The first-order valence-electron chi connectivity index (χ1n) is 10.1. The van der Waals surface area contributed by atoms with Crippen molar-refractivity contribution >= 4 is 5.82 Å². The van der Waals surface area contributed by atoms with Crippen molar-refractivity contribution in [3.05, 3.63) is 39.9 Å². The molecule has 2 aromatic heterocycles. The van der Waals surface area contributed by atoms with E-state index in [4.69, 9.17) is 4.98 Å². The predicted molar refractivity (Wildman–Crippen MR) is 108 cm³/mol. The van der Waals surface area contributed by atoms with Crippen molar-refractivity contribution in [2.24, 2.45) is 0 Å². The van der Waals surface area contributed by atoms with Gasteiger partial charge in [-0.1, -0.05) is 6.42 Å². The lowest BCUT2D eigenvalue weighted by Crippen LogP contribution is -2.41. The summed E-state index contributed by atoms with van der Waals surface area (Å²) in [5.41, 5.74) is 2.20. The lowest BCUT2D eigenvalue weighted by molar-refractivity contribution is 0.236. The van der Waals surface area contributed by atoms with Crippen molar-refractivity contribution in [2.45, 2.75) is 52.0 Å². The van der Waals surface area contributed by atoms with E-state index in [0.717, 1.165) is 30.2 Å². The van der Waals surface area contributed by atoms with Crippen LogP contribution in [0.2, 0.25) is 0 Å². The molecular weight excluding hydrogens is 338 g/mol. The molecule has 1 atom stereocenters. The molecule has 4 rings (SSSR count). The molecule has 144 valence electrons. The molecule has 0 bridgehead atoms. The molecule has 27 heavy (non-hydrogen) atoms. The number of aryl methyl sites for hydroxylation is 1. The Morgan fingerprint density at radius 3 is 2.56 bits per heavy atom. The Morgan fingerprint density at radius 2 is 1.85 bits per heavy atom. The number of nitrogens with zero attached hydrogens (tertiary/aromatic N) is 4. The number of rotatable bonds is 3. The first-order chi connectivity index (χ1) is 13.1. The average molecular weight is 367 g/mol. The van der Waals surface area contributed by atoms with Gasteiger partial charge in [0.1, 0.15) is 11.6 Å². The van der Waals surface area contributed by atoms with Crippen molar-refractivity contribution in [1.82, 2.24) is 19.9 Å². The maximum atomic E-state index is 12.0. The van der Waals surface area contributed by atoms with Crippen LogP contribution in [0.5, 0.6) is 0 Å². The minimum atomic E-state index is -0.0810. The van der Waals surface area contributed by atoms with Crippen molar-refractivity contribution < 1.29 is 0 Å². The topological polar surface area (TPSA) is 65.1 Å². The van der Waals surface area contributed by atoms with Crippen molar-refractivity contribution in [1.29, 1.82) is 0 Å². The first kappa shape index (κ1) is 18.2. The fraction of sp³-hybridized carbons (Fsp3) is 0.571. The summed E-state index contributed by atoms with van der Waals surface area (Å²) in [6.07, 6.45) is 8.32. The van der Waals surface area contributed by atoms with Crippen LogP contribution in [0.3, 0.4) is 0 Å². The molecule has 2 aromatic rings. The number of aromatic amines is 1. The Bertz CT molecular complexity index is 839. The van der Waals surface area contributed by atoms with E-state index in [1.807, 2.05) is 19.2 Å². The summed E-state index contributed by atoms with van der Waals surface area (Å²) in [5.74, 6) is 1.61. The first-order valence-corrected chi connectivity index (χ1v) is 10.1. The highest BCUT2D eigenvalue weighted by Gasteiger charge is 2.26. The van der Waals surface area contributed by atoms with Crippen LogP contribution in [0.1, 0.15) is 43.4 Å². The summed E-state index contributed by atoms with van der Waals surface area (Å²) in [6, 6.07) is 4.73. The summed E-state index contributed by atoms with van der Waals surface area (Å²) in [5, 5.41) is 0. The third-order valence-corrected chi connectivity index (χ3v) is 6.04. The van der Waals surface area contributed by atoms with Crippen LogP contribution < -0.4 is 10.5 Å². The fourth-order valence-corrected chi connectivity index (χ4v) is 4.23. The predicted octanol–water partition coefficient (Wildman–Crippen LogP) is 2.90. The molecule has 0 aromatic carbocycles. The second-order valence-electron chi connectivity index (χ2n) is 7.87. The van der Waals surface area contributed by atoms with Crippen LogP contribution in [0.15, 0.2) is 23.1 Å². The van der Waals surface area contributed by atoms with Crippen LogP contribution in [0, 0.1) is 13.8 Å². The molecule has 0 aliphatic carbocycles. The van der Waals surface area contributed by atoms with Gasteiger partial charge in [0.2, 0.25) is 0 Å². The van der Waals surface area contributed by atoms with Crippen LogP contribution in [-0.4, -0.2) is 52.1 Å². The third-order valence-electron chi connectivity index (χ3n) is 6.04.